The highest BCUT2D eigenvalue weighted by Gasteiger charge is 2.39. The van der Waals surface area contributed by atoms with Gasteiger partial charge in [-0.2, -0.15) is 0 Å². The van der Waals surface area contributed by atoms with Gasteiger partial charge in [-0.25, -0.2) is 9.18 Å². The van der Waals surface area contributed by atoms with Crippen LogP contribution in [0.25, 0.3) is 0 Å². The molecule has 1 aromatic carbocycles. The Labute approximate surface area is 118 Å². The number of carboxylic acid groups (broad SMARTS) is 1. The molecule has 5 heteroatoms. The molecule has 0 radical (unpaired) electrons. The lowest BCUT2D eigenvalue weighted by Crippen LogP contribution is -2.47. The molecule has 1 heterocycles. The van der Waals surface area contributed by atoms with Gasteiger partial charge in [-0.1, -0.05) is 6.92 Å². The van der Waals surface area contributed by atoms with Crippen LogP contribution in [0.1, 0.15) is 26.2 Å². The summed E-state index contributed by atoms with van der Waals surface area (Å²) in [7, 11) is 0. The van der Waals surface area contributed by atoms with Crippen molar-refractivity contribution in [1.82, 2.24) is 4.90 Å². The Morgan fingerprint density at radius 3 is 2.65 bits per heavy atom. The maximum Gasteiger partial charge on any atom is 0.329 e. The van der Waals surface area contributed by atoms with Gasteiger partial charge in [0.05, 0.1) is 0 Å². The maximum atomic E-state index is 12.9. The van der Waals surface area contributed by atoms with Crippen LogP contribution in [0.15, 0.2) is 24.3 Å². The first kappa shape index (κ1) is 14.8. The van der Waals surface area contributed by atoms with Crippen LogP contribution < -0.4 is 5.32 Å². The molecule has 1 aliphatic rings. The largest absolute Gasteiger partial charge is 0.480 e. The Morgan fingerprint density at radius 2 is 2.05 bits per heavy atom. The fourth-order valence-corrected chi connectivity index (χ4v) is 2.71. The molecule has 20 heavy (non-hydrogen) atoms. The van der Waals surface area contributed by atoms with Gasteiger partial charge in [0.2, 0.25) is 0 Å². The maximum absolute atomic E-state index is 12.9. The summed E-state index contributed by atoms with van der Waals surface area (Å²) in [6, 6.07) is 5.85. The summed E-state index contributed by atoms with van der Waals surface area (Å²) in [5.74, 6) is -1.15. The SMILES string of the molecule is CCN1CCCC(Nc2ccc(F)cc2)(C(=O)O)CC1. The van der Waals surface area contributed by atoms with Gasteiger partial charge < -0.3 is 15.3 Å². The Kier molecular flexibility index (Phi) is 4.60. The molecule has 0 saturated carbocycles. The van der Waals surface area contributed by atoms with E-state index in [4.69, 9.17) is 0 Å². The topological polar surface area (TPSA) is 52.6 Å². The summed E-state index contributed by atoms with van der Waals surface area (Å²) in [5.41, 5.74) is -0.305. The van der Waals surface area contributed by atoms with Crippen molar-refractivity contribution >= 4 is 11.7 Å². The summed E-state index contributed by atoms with van der Waals surface area (Å²) in [4.78, 5) is 14.0. The lowest BCUT2D eigenvalue weighted by atomic mass is 9.90. The van der Waals surface area contributed by atoms with Gasteiger partial charge in [0.25, 0.3) is 0 Å². The van der Waals surface area contributed by atoms with E-state index in [1.54, 1.807) is 12.1 Å². The molecule has 1 aliphatic heterocycles. The van der Waals surface area contributed by atoms with Crippen molar-refractivity contribution in [3.8, 4) is 0 Å². The Bertz CT molecular complexity index is 463. The highest BCUT2D eigenvalue weighted by Crippen LogP contribution is 2.27. The molecule has 2 N–H and O–H groups in total. The van der Waals surface area contributed by atoms with E-state index in [9.17, 15) is 14.3 Å². The van der Waals surface area contributed by atoms with Gasteiger partial charge in [-0.05, 0) is 56.6 Å². The van der Waals surface area contributed by atoms with Crippen molar-refractivity contribution in [3.05, 3.63) is 30.1 Å². The molecular formula is C15H21FN2O2. The lowest BCUT2D eigenvalue weighted by Gasteiger charge is -2.30. The third-order valence-corrected chi connectivity index (χ3v) is 4.02. The molecule has 4 nitrogen and oxygen atoms in total. The molecule has 1 saturated heterocycles. The first-order valence-corrected chi connectivity index (χ1v) is 7.05. The van der Waals surface area contributed by atoms with Gasteiger partial charge in [0, 0.05) is 12.2 Å². The summed E-state index contributed by atoms with van der Waals surface area (Å²) in [6.07, 6.45) is 1.97. The van der Waals surface area contributed by atoms with Crippen molar-refractivity contribution in [2.24, 2.45) is 0 Å². The molecule has 1 unspecified atom stereocenters. The average Bonchev–Trinajstić information content (AvgIpc) is 2.65. The third-order valence-electron chi connectivity index (χ3n) is 4.02. The van der Waals surface area contributed by atoms with Crippen LogP contribution in [0.5, 0.6) is 0 Å². The number of aliphatic carboxylic acids is 1. The molecule has 0 bridgehead atoms. The van der Waals surface area contributed by atoms with Crippen LogP contribution in [0.2, 0.25) is 0 Å². The minimum absolute atomic E-state index is 0.321. The highest BCUT2D eigenvalue weighted by atomic mass is 19.1. The molecule has 0 spiro atoms. The smallest absolute Gasteiger partial charge is 0.329 e. The van der Waals surface area contributed by atoms with E-state index in [2.05, 4.69) is 17.1 Å². The van der Waals surface area contributed by atoms with Crippen molar-refractivity contribution in [3.63, 3.8) is 0 Å². The number of carboxylic acids is 1. The number of anilines is 1. The van der Waals surface area contributed by atoms with Gasteiger partial charge in [0.15, 0.2) is 0 Å². The van der Waals surface area contributed by atoms with E-state index < -0.39 is 11.5 Å². The van der Waals surface area contributed by atoms with Crippen molar-refractivity contribution < 1.29 is 14.3 Å². The van der Waals surface area contributed by atoms with Gasteiger partial charge >= 0.3 is 5.97 Å². The second kappa shape index (κ2) is 6.22. The van der Waals surface area contributed by atoms with Crippen LogP contribution in [0.3, 0.4) is 0 Å². The second-order valence-electron chi connectivity index (χ2n) is 5.31. The molecule has 2 rings (SSSR count). The number of rotatable bonds is 4. The molecule has 1 fully saturated rings. The zero-order valence-electron chi connectivity index (χ0n) is 11.7. The summed E-state index contributed by atoms with van der Waals surface area (Å²) in [5, 5.41) is 12.7. The summed E-state index contributed by atoms with van der Waals surface area (Å²) < 4.78 is 12.9. The first-order valence-electron chi connectivity index (χ1n) is 7.05. The van der Waals surface area contributed by atoms with Crippen LogP contribution in [-0.4, -0.2) is 41.1 Å². The van der Waals surface area contributed by atoms with Crippen molar-refractivity contribution in [1.29, 1.82) is 0 Å². The Balaban J connectivity index is 2.17. The normalized spacial score (nSPS) is 24.1. The quantitative estimate of drug-likeness (QED) is 0.890. The fraction of sp³-hybridized carbons (Fsp3) is 0.533. The van der Waals surface area contributed by atoms with E-state index in [-0.39, 0.29) is 5.82 Å². The third kappa shape index (κ3) is 3.28. The minimum Gasteiger partial charge on any atom is -0.480 e. The predicted molar refractivity (Wildman–Crippen MR) is 76.4 cm³/mol. The lowest BCUT2D eigenvalue weighted by molar-refractivity contribution is -0.142. The van der Waals surface area contributed by atoms with Crippen molar-refractivity contribution in [2.75, 3.05) is 25.0 Å². The van der Waals surface area contributed by atoms with Gasteiger partial charge in [-0.15, -0.1) is 0 Å². The van der Waals surface area contributed by atoms with Gasteiger partial charge in [0.1, 0.15) is 11.4 Å². The molecule has 110 valence electrons. The predicted octanol–water partition coefficient (Wildman–Crippen LogP) is 2.57. The fourth-order valence-electron chi connectivity index (χ4n) is 2.71. The van der Waals surface area contributed by atoms with E-state index in [1.807, 2.05) is 0 Å². The molecule has 0 aliphatic carbocycles. The van der Waals surface area contributed by atoms with Crippen LogP contribution >= 0.6 is 0 Å². The molecule has 1 atom stereocenters. The average molecular weight is 280 g/mol. The molecule has 0 aromatic heterocycles. The summed E-state index contributed by atoms with van der Waals surface area (Å²) in [6.45, 7) is 4.71. The highest BCUT2D eigenvalue weighted by molar-refractivity contribution is 5.82. The zero-order chi connectivity index (χ0) is 14.6. The number of nitrogens with one attached hydrogen (secondary N) is 1. The number of likely N-dealkylation sites (tertiary alicyclic amines) is 1. The zero-order valence-corrected chi connectivity index (χ0v) is 11.7. The van der Waals surface area contributed by atoms with Gasteiger partial charge in [-0.3, -0.25) is 0 Å². The Morgan fingerprint density at radius 1 is 1.35 bits per heavy atom. The standard InChI is InChI=1S/C15H21FN2O2/c1-2-18-10-3-8-15(9-11-18,14(19)20)17-13-6-4-12(16)5-7-13/h4-7,17H,2-3,8-11H2,1H3,(H,19,20). The molecule has 0 amide bonds. The van der Waals surface area contributed by atoms with E-state index in [1.165, 1.54) is 12.1 Å². The number of halogens is 1. The van der Waals surface area contributed by atoms with Crippen LogP contribution in [0, 0.1) is 5.82 Å². The first-order chi connectivity index (χ1) is 9.55. The van der Waals surface area contributed by atoms with Crippen LogP contribution in [-0.2, 0) is 4.79 Å². The number of hydrogen-bond donors (Lipinski definition) is 2. The number of nitrogens with zero attached hydrogens (tertiary/aromatic N) is 1. The second-order valence-corrected chi connectivity index (χ2v) is 5.31. The summed E-state index contributed by atoms with van der Waals surface area (Å²) >= 11 is 0. The Hall–Kier alpha value is -1.62. The number of benzene rings is 1. The van der Waals surface area contributed by atoms with E-state index in [0.29, 0.717) is 18.5 Å². The van der Waals surface area contributed by atoms with E-state index >= 15 is 0 Å². The minimum atomic E-state index is -0.957. The van der Waals surface area contributed by atoms with Crippen molar-refractivity contribution in [2.45, 2.75) is 31.7 Å². The number of hydrogen-bond acceptors (Lipinski definition) is 3. The number of carbonyl (C=O) groups is 1. The van der Waals surface area contributed by atoms with Crippen LogP contribution in [0.4, 0.5) is 10.1 Å². The monoisotopic (exact) mass is 280 g/mol. The molecular weight excluding hydrogens is 259 g/mol. The van der Waals surface area contributed by atoms with E-state index in [0.717, 1.165) is 26.1 Å². The molecule has 1 aromatic rings.